The molecule has 4 rings (SSSR count). The van der Waals surface area contributed by atoms with Crippen molar-refractivity contribution in [2.24, 2.45) is 0 Å². The molecule has 3 heterocycles. The number of ether oxygens (including phenoxy) is 3. The van der Waals surface area contributed by atoms with E-state index in [9.17, 15) is 9.59 Å². The highest BCUT2D eigenvalue weighted by Gasteiger charge is 2.65. The van der Waals surface area contributed by atoms with Crippen molar-refractivity contribution in [3.63, 3.8) is 0 Å². The van der Waals surface area contributed by atoms with Gasteiger partial charge in [-0.25, -0.2) is 9.59 Å². The molecule has 3 saturated heterocycles. The number of benzene rings is 1. The van der Waals surface area contributed by atoms with Gasteiger partial charge < -0.3 is 14.2 Å². The van der Waals surface area contributed by atoms with Gasteiger partial charge in [0.25, 0.3) is 0 Å². The van der Waals surface area contributed by atoms with Gasteiger partial charge in [-0.1, -0.05) is 18.2 Å². The molecule has 0 spiro atoms. The van der Waals surface area contributed by atoms with Crippen molar-refractivity contribution in [1.82, 2.24) is 4.90 Å². The van der Waals surface area contributed by atoms with Crippen molar-refractivity contribution in [3.8, 4) is 0 Å². The molecule has 0 saturated carbocycles. The van der Waals surface area contributed by atoms with E-state index < -0.39 is 0 Å². The van der Waals surface area contributed by atoms with Gasteiger partial charge in [0.1, 0.15) is 18.3 Å². The Kier molecular flexibility index (Phi) is 3.49. The van der Waals surface area contributed by atoms with Crippen molar-refractivity contribution < 1.29 is 23.8 Å². The lowest BCUT2D eigenvalue weighted by atomic mass is 9.99. The number of piperidine rings is 1. The predicted molar refractivity (Wildman–Crippen MR) is 80.0 cm³/mol. The van der Waals surface area contributed by atoms with Crippen molar-refractivity contribution in [2.75, 3.05) is 6.61 Å². The fraction of sp³-hybridized carbons (Fsp3) is 0.529. The highest BCUT2D eigenvalue weighted by atomic mass is 16.6. The van der Waals surface area contributed by atoms with Gasteiger partial charge in [0.2, 0.25) is 0 Å². The molecule has 1 aromatic carbocycles. The smallest absolute Gasteiger partial charge is 0.410 e. The molecule has 5 atom stereocenters. The first kappa shape index (κ1) is 14.5. The van der Waals surface area contributed by atoms with E-state index in [4.69, 9.17) is 14.2 Å². The molecule has 0 aliphatic carbocycles. The number of morpholine rings is 1. The van der Waals surface area contributed by atoms with Gasteiger partial charge in [0.15, 0.2) is 0 Å². The zero-order chi connectivity index (χ0) is 16.0. The molecule has 1 aromatic rings. The first-order chi connectivity index (χ1) is 11.2. The number of amides is 1. The summed E-state index contributed by atoms with van der Waals surface area (Å²) < 4.78 is 16.4. The van der Waals surface area contributed by atoms with E-state index in [1.807, 2.05) is 18.2 Å². The molecule has 122 valence electrons. The van der Waals surface area contributed by atoms with E-state index >= 15 is 0 Å². The zero-order valence-electron chi connectivity index (χ0n) is 12.9. The number of nitrogens with zero attached hydrogens (tertiary/aromatic N) is 1. The van der Waals surface area contributed by atoms with Crippen LogP contribution < -0.4 is 0 Å². The van der Waals surface area contributed by atoms with Gasteiger partial charge in [-0.15, -0.1) is 0 Å². The minimum atomic E-state index is -0.311. The predicted octanol–water partition coefficient (Wildman–Crippen LogP) is 1.98. The minimum Gasteiger partial charge on any atom is -0.459 e. The van der Waals surface area contributed by atoms with Gasteiger partial charge in [0.05, 0.1) is 24.3 Å². The molecule has 1 amide bonds. The van der Waals surface area contributed by atoms with E-state index in [0.29, 0.717) is 25.0 Å². The first-order valence-electron chi connectivity index (χ1n) is 8.05. The Bertz CT molecular complexity index is 601. The van der Waals surface area contributed by atoms with Gasteiger partial charge in [-0.05, 0) is 19.1 Å². The van der Waals surface area contributed by atoms with Crippen LogP contribution >= 0.6 is 0 Å². The lowest BCUT2D eigenvalue weighted by Gasteiger charge is -2.39. The molecule has 3 aliphatic rings. The summed E-state index contributed by atoms with van der Waals surface area (Å²) in [6.45, 7) is 2.16. The summed E-state index contributed by atoms with van der Waals surface area (Å²) in [5.74, 6) is -0.311. The second-order valence-corrected chi connectivity index (χ2v) is 6.17. The zero-order valence-corrected chi connectivity index (χ0v) is 12.9. The Balaban J connectivity index is 1.43. The van der Waals surface area contributed by atoms with Gasteiger partial charge in [0, 0.05) is 12.8 Å². The van der Waals surface area contributed by atoms with Crippen LogP contribution in [0.3, 0.4) is 0 Å². The van der Waals surface area contributed by atoms with Crippen LogP contribution in [0, 0.1) is 0 Å². The van der Waals surface area contributed by atoms with Crippen molar-refractivity contribution >= 4 is 12.1 Å². The van der Waals surface area contributed by atoms with E-state index in [-0.39, 0.29) is 42.5 Å². The Labute approximate surface area is 134 Å². The van der Waals surface area contributed by atoms with E-state index in [0.717, 1.165) is 0 Å². The van der Waals surface area contributed by atoms with Crippen molar-refractivity contribution in [3.05, 3.63) is 35.9 Å². The Morgan fingerprint density at radius 3 is 2.43 bits per heavy atom. The number of carbonyl (C=O) groups excluding carboxylic acids is 2. The summed E-state index contributed by atoms with van der Waals surface area (Å²) in [4.78, 5) is 26.1. The average molecular weight is 317 g/mol. The second kappa shape index (κ2) is 5.53. The van der Waals surface area contributed by atoms with Crippen LogP contribution in [0.25, 0.3) is 0 Å². The minimum absolute atomic E-state index is 0.0497. The standard InChI is InChI=1S/C17H19NO5/c1-2-21-17(20)18-12-8-11(9-13(18)15-14(12)23-15)22-16(19)10-6-4-3-5-7-10/h3-7,11-15H,2,8-9H2,1H3/t11?,12-,13?,14-,15+/m0/s1. The van der Waals surface area contributed by atoms with Crippen molar-refractivity contribution in [1.29, 1.82) is 0 Å². The molecule has 0 radical (unpaired) electrons. The third-order valence-electron chi connectivity index (χ3n) is 4.81. The molecule has 23 heavy (non-hydrogen) atoms. The molecule has 3 fully saturated rings. The molecule has 0 aromatic heterocycles. The van der Waals surface area contributed by atoms with Crippen LogP contribution in [-0.4, -0.2) is 54.0 Å². The fourth-order valence-corrected chi connectivity index (χ4v) is 3.81. The summed E-state index contributed by atoms with van der Waals surface area (Å²) in [5.41, 5.74) is 0.550. The second-order valence-electron chi connectivity index (χ2n) is 6.17. The summed E-state index contributed by atoms with van der Waals surface area (Å²) in [6.07, 6.45) is 0.894. The maximum absolute atomic E-state index is 12.2. The number of hydrogen-bond donors (Lipinski definition) is 0. The van der Waals surface area contributed by atoms with E-state index in [2.05, 4.69) is 0 Å². The number of carbonyl (C=O) groups is 2. The largest absolute Gasteiger partial charge is 0.459 e. The number of rotatable bonds is 3. The summed E-state index contributed by atoms with van der Waals surface area (Å²) in [7, 11) is 0. The fourth-order valence-electron chi connectivity index (χ4n) is 3.81. The Morgan fingerprint density at radius 2 is 1.83 bits per heavy atom. The number of esters is 1. The third kappa shape index (κ3) is 2.47. The monoisotopic (exact) mass is 317 g/mol. The van der Waals surface area contributed by atoms with Gasteiger partial charge in [-0.3, -0.25) is 4.90 Å². The first-order valence-corrected chi connectivity index (χ1v) is 8.05. The number of hydrogen-bond acceptors (Lipinski definition) is 5. The molecular weight excluding hydrogens is 298 g/mol. The molecular formula is C17H19NO5. The summed E-state index contributed by atoms with van der Waals surface area (Å²) in [5, 5.41) is 0. The van der Waals surface area contributed by atoms with Crippen LogP contribution in [0.5, 0.6) is 0 Å². The molecule has 6 nitrogen and oxygen atoms in total. The topological polar surface area (TPSA) is 68.4 Å². The maximum Gasteiger partial charge on any atom is 0.410 e. The number of fused-ring (bicyclic) bond motifs is 5. The normalized spacial score (nSPS) is 33.8. The van der Waals surface area contributed by atoms with Crippen LogP contribution in [0.4, 0.5) is 4.79 Å². The van der Waals surface area contributed by atoms with Crippen LogP contribution in [0.1, 0.15) is 30.1 Å². The SMILES string of the molecule is CCOC(=O)N1C2CC(OC(=O)c3ccccc3)C[C@H]1[C@@H]1O[C@H]21. The molecule has 3 aliphatic heterocycles. The average Bonchev–Trinajstić information content (AvgIpc) is 3.32. The highest BCUT2D eigenvalue weighted by Crippen LogP contribution is 2.49. The lowest BCUT2D eigenvalue weighted by molar-refractivity contribution is -0.0294. The lowest BCUT2D eigenvalue weighted by Crippen LogP contribution is -2.52. The van der Waals surface area contributed by atoms with E-state index in [1.54, 1.807) is 24.0 Å². The Morgan fingerprint density at radius 1 is 1.17 bits per heavy atom. The van der Waals surface area contributed by atoms with Gasteiger partial charge >= 0.3 is 12.1 Å². The van der Waals surface area contributed by atoms with Crippen molar-refractivity contribution in [2.45, 2.75) is 50.2 Å². The summed E-state index contributed by atoms with van der Waals surface area (Å²) >= 11 is 0. The molecule has 0 N–H and O–H groups in total. The molecule has 6 heteroatoms. The maximum atomic E-state index is 12.2. The van der Waals surface area contributed by atoms with E-state index in [1.165, 1.54) is 0 Å². The Hall–Kier alpha value is -2.08. The highest BCUT2D eigenvalue weighted by molar-refractivity contribution is 5.89. The van der Waals surface area contributed by atoms with Gasteiger partial charge in [-0.2, -0.15) is 0 Å². The molecule has 2 unspecified atom stereocenters. The quantitative estimate of drug-likeness (QED) is 0.630. The van der Waals surface area contributed by atoms with Crippen LogP contribution in [0.2, 0.25) is 0 Å². The third-order valence-corrected chi connectivity index (χ3v) is 4.81. The number of epoxide rings is 1. The molecule has 2 bridgehead atoms. The van der Waals surface area contributed by atoms with Crippen LogP contribution in [-0.2, 0) is 14.2 Å². The van der Waals surface area contributed by atoms with Crippen LogP contribution in [0.15, 0.2) is 30.3 Å². The summed E-state index contributed by atoms with van der Waals surface area (Å²) in [6, 6.07) is 8.87.